The quantitative estimate of drug-likeness (QED) is 0.192. The summed E-state index contributed by atoms with van der Waals surface area (Å²) in [6.07, 6.45) is 8.14. The molecule has 5 aromatic rings. The number of rotatable bonds is 8. The highest BCUT2D eigenvalue weighted by atomic mass is 32.2. The van der Waals surface area contributed by atoms with E-state index in [2.05, 4.69) is 52.9 Å². The summed E-state index contributed by atoms with van der Waals surface area (Å²) in [4.78, 5) is 24.4. The van der Waals surface area contributed by atoms with Gasteiger partial charge in [-0.25, -0.2) is 22.4 Å². The Labute approximate surface area is 258 Å². The molecule has 3 aromatic heterocycles. The molecular weight excluding hydrogens is 572 g/mol. The highest BCUT2D eigenvalue weighted by Gasteiger charge is 2.29. The third-order valence-electron chi connectivity index (χ3n) is 8.58. The highest BCUT2D eigenvalue weighted by molar-refractivity contribution is 7.90. The Kier molecular flexibility index (Phi) is 7.88. The van der Waals surface area contributed by atoms with Gasteiger partial charge in [0.1, 0.15) is 12.1 Å². The molecule has 0 bridgehead atoms. The first-order valence-electron chi connectivity index (χ1n) is 15.1. The molecule has 1 fully saturated rings. The molecule has 0 spiro atoms. The minimum atomic E-state index is -3.96. The maximum Gasteiger partial charge on any atom is 0.269 e. The van der Waals surface area contributed by atoms with E-state index >= 15 is 0 Å². The summed E-state index contributed by atoms with van der Waals surface area (Å²) in [6.45, 7) is 8.05. The number of fused-ring (bicyclic) bond motifs is 1. The zero-order valence-electron chi connectivity index (χ0n) is 25.6. The van der Waals surface area contributed by atoms with Gasteiger partial charge in [0.15, 0.2) is 11.4 Å². The average Bonchev–Trinajstić information content (AvgIpc) is 3.64. The molecule has 1 saturated heterocycles. The number of hydrogen-bond acceptors (Lipinski definition) is 7. The van der Waals surface area contributed by atoms with Gasteiger partial charge in [-0.1, -0.05) is 63.2 Å². The number of aryl methyl sites for hydroxylation is 1. The van der Waals surface area contributed by atoms with Gasteiger partial charge in [0.25, 0.3) is 10.0 Å². The van der Waals surface area contributed by atoms with Crippen LogP contribution in [0.2, 0.25) is 0 Å². The van der Waals surface area contributed by atoms with Crippen LogP contribution < -0.4 is 4.90 Å². The van der Waals surface area contributed by atoms with Crippen LogP contribution >= 0.6 is 0 Å². The normalized spacial score (nSPS) is 14.8. The van der Waals surface area contributed by atoms with E-state index in [1.165, 1.54) is 15.9 Å². The third kappa shape index (κ3) is 5.78. The van der Waals surface area contributed by atoms with E-state index in [1.807, 2.05) is 18.2 Å². The second-order valence-corrected chi connectivity index (χ2v) is 14.5. The zero-order chi connectivity index (χ0) is 31.1. The first-order chi connectivity index (χ1) is 21.0. The summed E-state index contributed by atoms with van der Waals surface area (Å²) >= 11 is 0. The van der Waals surface area contributed by atoms with E-state index in [9.17, 15) is 13.2 Å². The Hall–Kier alpha value is -4.31. The molecular formula is C34H38N6O3S. The molecule has 0 atom stereocenters. The lowest BCUT2D eigenvalue weighted by molar-refractivity contribution is 0.0971. The molecule has 0 saturated carbocycles. The maximum atomic E-state index is 14.0. The molecule has 4 heterocycles. The second kappa shape index (κ2) is 11.6. The van der Waals surface area contributed by atoms with Crippen molar-refractivity contribution in [3.63, 3.8) is 0 Å². The number of ketones is 1. The predicted molar refractivity (Wildman–Crippen MR) is 172 cm³/mol. The Morgan fingerprint density at radius 2 is 1.68 bits per heavy atom. The van der Waals surface area contributed by atoms with Crippen molar-refractivity contribution in [1.29, 1.82) is 0 Å². The van der Waals surface area contributed by atoms with Crippen LogP contribution in [0, 0.1) is 5.92 Å². The van der Waals surface area contributed by atoms with Crippen LogP contribution in [0.4, 0.5) is 5.82 Å². The number of Topliss-reactive ketones (excluding diaryl/α,β-unsaturated/α-hetero) is 1. The Bertz CT molecular complexity index is 1900. The van der Waals surface area contributed by atoms with Crippen LogP contribution in [-0.2, 0) is 22.5 Å². The van der Waals surface area contributed by atoms with Gasteiger partial charge >= 0.3 is 0 Å². The van der Waals surface area contributed by atoms with Gasteiger partial charge in [-0.3, -0.25) is 9.48 Å². The molecule has 0 radical (unpaired) electrons. The Balaban J connectivity index is 1.22. The fourth-order valence-electron chi connectivity index (χ4n) is 5.99. The number of benzene rings is 2. The summed E-state index contributed by atoms with van der Waals surface area (Å²) in [6, 6.07) is 18.3. The van der Waals surface area contributed by atoms with E-state index < -0.39 is 10.0 Å². The molecule has 0 unspecified atom stereocenters. The largest absolute Gasteiger partial charge is 0.356 e. The Morgan fingerprint density at radius 1 is 0.977 bits per heavy atom. The SMILES string of the molecule is Cn1cc(-c2cc3c(N4CCC(CCC(=O)c5ccc(C(C)(C)C)cc5)CC4)ncnc3n2S(=O)(=O)c2ccccc2)cn1. The molecule has 228 valence electrons. The topological polar surface area (TPSA) is 103 Å². The van der Waals surface area contributed by atoms with Crippen molar-refractivity contribution in [3.05, 3.63) is 90.5 Å². The molecule has 2 aromatic carbocycles. The number of carbonyl (C=O) groups excluding carboxylic acids is 1. The number of aromatic nitrogens is 5. The van der Waals surface area contributed by atoms with Crippen LogP contribution in [0.3, 0.4) is 0 Å². The van der Waals surface area contributed by atoms with Crippen LogP contribution in [0.15, 0.2) is 84.3 Å². The minimum absolute atomic E-state index is 0.0594. The summed E-state index contributed by atoms with van der Waals surface area (Å²) < 4.78 is 30.9. The fraction of sp³-hybridized carbons (Fsp3) is 0.353. The van der Waals surface area contributed by atoms with Crippen molar-refractivity contribution in [1.82, 2.24) is 23.7 Å². The molecule has 1 aliphatic rings. The summed E-state index contributed by atoms with van der Waals surface area (Å²) in [5.74, 6) is 1.35. The third-order valence-corrected chi connectivity index (χ3v) is 10.3. The number of nitrogens with zero attached hydrogens (tertiary/aromatic N) is 6. The van der Waals surface area contributed by atoms with E-state index in [1.54, 1.807) is 54.5 Å². The molecule has 0 aliphatic carbocycles. The van der Waals surface area contributed by atoms with Crippen LogP contribution in [0.5, 0.6) is 0 Å². The molecule has 10 heteroatoms. The van der Waals surface area contributed by atoms with E-state index in [-0.39, 0.29) is 16.1 Å². The molecule has 0 N–H and O–H groups in total. The first kappa shape index (κ1) is 29.7. The fourth-order valence-corrected chi connectivity index (χ4v) is 7.50. The number of carbonyl (C=O) groups is 1. The predicted octanol–water partition coefficient (Wildman–Crippen LogP) is 6.25. The molecule has 6 rings (SSSR count). The molecule has 9 nitrogen and oxygen atoms in total. The molecule has 1 aliphatic heterocycles. The van der Waals surface area contributed by atoms with E-state index in [0.29, 0.717) is 34.6 Å². The lowest BCUT2D eigenvalue weighted by Gasteiger charge is -2.33. The maximum absolute atomic E-state index is 14.0. The van der Waals surface area contributed by atoms with Crippen molar-refractivity contribution in [3.8, 4) is 11.3 Å². The average molecular weight is 611 g/mol. The number of anilines is 1. The summed E-state index contributed by atoms with van der Waals surface area (Å²) in [5, 5.41) is 4.96. The van der Waals surface area contributed by atoms with Gasteiger partial charge in [0.2, 0.25) is 0 Å². The number of hydrogen-bond donors (Lipinski definition) is 0. The lowest BCUT2D eigenvalue weighted by atomic mass is 9.86. The number of piperidine rings is 1. The molecule has 44 heavy (non-hydrogen) atoms. The van der Waals surface area contributed by atoms with Gasteiger partial charge in [-0.15, -0.1) is 0 Å². The van der Waals surface area contributed by atoms with Crippen LogP contribution in [0.25, 0.3) is 22.3 Å². The van der Waals surface area contributed by atoms with Gasteiger partial charge < -0.3 is 4.90 Å². The Morgan fingerprint density at radius 3 is 2.32 bits per heavy atom. The lowest BCUT2D eigenvalue weighted by Crippen LogP contribution is -2.34. The zero-order valence-corrected chi connectivity index (χ0v) is 26.5. The summed E-state index contributed by atoms with van der Waals surface area (Å²) in [7, 11) is -2.16. The monoisotopic (exact) mass is 610 g/mol. The van der Waals surface area contributed by atoms with Gasteiger partial charge in [-0.05, 0) is 54.4 Å². The second-order valence-electron chi connectivity index (χ2n) is 12.7. The van der Waals surface area contributed by atoms with Crippen molar-refractivity contribution in [2.75, 3.05) is 18.0 Å². The van der Waals surface area contributed by atoms with Gasteiger partial charge in [0, 0.05) is 43.9 Å². The summed E-state index contributed by atoms with van der Waals surface area (Å²) in [5.41, 5.74) is 3.56. The van der Waals surface area contributed by atoms with Crippen molar-refractivity contribution >= 4 is 32.7 Å². The minimum Gasteiger partial charge on any atom is -0.356 e. The van der Waals surface area contributed by atoms with Crippen LogP contribution in [-0.4, -0.2) is 51.0 Å². The van der Waals surface area contributed by atoms with Crippen molar-refractivity contribution in [2.24, 2.45) is 13.0 Å². The van der Waals surface area contributed by atoms with Gasteiger partial charge in [-0.2, -0.15) is 5.10 Å². The van der Waals surface area contributed by atoms with Gasteiger partial charge in [0.05, 0.1) is 22.2 Å². The first-order valence-corrected chi connectivity index (χ1v) is 16.5. The van der Waals surface area contributed by atoms with Crippen molar-refractivity contribution in [2.45, 2.75) is 56.8 Å². The van der Waals surface area contributed by atoms with Crippen molar-refractivity contribution < 1.29 is 13.2 Å². The van der Waals surface area contributed by atoms with Crippen LogP contribution in [0.1, 0.15) is 62.4 Å². The van der Waals surface area contributed by atoms with E-state index in [4.69, 9.17) is 0 Å². The molecule has 0 amide bonds. The highest BCUT2D eigenvalue weighted by Crippen LogP contribution is 2.36. The smallest absolute Gasteiger partial charge is 0.269 e. The standard InChI is InChI=1S/C34H38N6O3S/c1-34(2,3)27-13-11-25(12-14-27)31(41)15-10-24-16-18-39(19-17-24)32-29-20-30(26-21-37-38(4)22-26)40(33(29)36-23-35-32)44(42,43)28-8-6-5-7-9-28/h5-9,11-14,20-24H,10,15-19H2,1-4H3. The van der Waals surface area contributed by atoms with E-state index in [0.717, 1.165) is 43.7 Å².